The van der Waals surface area contributed by atoms with Crippen LogP contribution in [0.1, 0.15) is 40.5 Å². The van der Waals surface area contributed by atoms with Gasteiger partial charge >= 0.3 is 0 Å². The van der Waals surface area contributed by atoms with E-state index in [0.717, 1.165) is 44.0 Å². The standard InChI is InChI=1S/C29H26FNO2S/c1-20-5-7-21(8-6-20)9-14-25(33)28-26(4-2-3-19-32)34-29(23-10-12-24(30)13-11-23)27(28)22-15-17-31-18-16-22/h5-8,10-13,15-18,25,32-33H,3,9,14,19H2,1H3. The number of aromatic nitrogens is 1. The molecule has 1 atom stereocenters. The van der Waals surface area contributed by atoms with E-state index < -0.39 is 6.10 Å². The second-order valence-corrected chi connectivity index (χ2v) is 9.13. The number of halogens is 1. The molecule has 5 heteroatoms. The van der Waals surface area contributed by atoms with E-state index in [4.69, 9.17) is 0 Å². The largest absolute Gasteiger partial charge is 0.395 e. The van der Waals surface area contributed by atoms with Crippen LogP contribution < -0.4 is 0 Å². The summed E-state index contributed by atoms with van der Waals surface area (Å²) in [6.07, 6.45) is 4.32. The highest BCUT2D eigenvalue weighted by Crippen LogP contribution is 2.46. The molecule has 0 fully saturated rings. The molecular weight excluding hydrogens is 445 g/mol. The normalized spacial score (nSPS) is 11.6. The molecule has 0 aliphatic carbocycles. The zero-order chi connectivity index (χ0) is 23.9. The van der Waals surface area contributed by atoms with Crippen LogP contribution in [0.25, 0.3) is 21.6 Å². The van der Waals surface area contributed by atoms with Crippen LogP contribution in [0.15, 0.2) is 73.1 Å². The van der Waals surface area contributed by atoms with Crippen LogP contribution in [-0.4, -0.2) is 21.8 Å². The summed E-state index contributed by atoms with van der Waals surface area (Å²) < 4.78 is 13.6. The summed E-state index contributed by atoms with van der Waals surface area (Å²) in [6.45, 7) is 2.03. The monoisotopic (exact) mass is 471 g/mol. The van der Waals surface area contributed by atoms with E-state index in [1.54, 1.807) is 24.5 Å². The van der Waals surface area contributed by atoms with Crippen molar-refractivity contribution in [3.8, 4) is 33.4 Å². The van der Waals surface area contributed by atoms with Crippen LogP contribution in [0.3, 0.4) is 0 Å². The highest BCUT2D eigenvalue weighted by atomic mass is 32.1. The maximum absolute atomic E-state index is 13.6. The number of pyridine rings is 1. The molecule has 172 valence electrons. The predicted octanol–water partition coefficient (Wildman–Crippen LogP) is 6.32. The highest BCUT2D eigenvalue weighted by molar-refractivity contribution is 7.17. The number of aryl methyl sites for hydroxylation is 2. The number of hydrogen-bond donors (Lipinski definition) is 2. The number of nitrogens with zero attached hydrogens (tertiary/aromatic N) is 1. The summed E-state index contributed by atoms with van der Waals surface area (Å²) in [5.74, 6) is 5.88. The molecule has 0 saturated heterocycles. The first-order valence-corrected chi connectivity index (χ1v) is 12.0. The average Bonchev–Trinajstić information content (AvgIpc) is 3.24. The summed E-state index contributed by atoms with van der Waals surface area (Å²) in [7, 11) is 0. The maximum atomic E-state index is 13.6. The van der Waals surface area contributed by atoms with Gasteiger partial charge in [-0.25, -0.2) is 4.39 Å². The van der Waals surface area contributed by atoms with Gasteiger partial charge in [-0.3, -0.25) is 4.98 Å². The van der Waals surface area contributed by atoms with Crippen LogP contribution in [0, 0.1) is 24.6 Å². The molecule has 0 aliphatic heterocycles. The number of aliphatic hydroxyl groups excluding tert-OH is 2. The van der Waals surface area contributed by atoms with Crippen molar-refractivity contribution in [2.24, 2.45) is 0 Å². The third kappa shape index (κ3) is 5.60. The van der Waals surface area contributed by atoms with Crippen molar-refractivity contribution in [2.75, 3.05) is 6.61 Å². The second kappa shape index (κ2) is 11.2. The molecule has 2 aromatic carbocycles. The third-order valence-corrected chi connectivity index (χ3v) is 6.79. The Morgan fingerprint density at radius 2 is 1.68 bits per heavy atom. The van der Waals surface area contributed by atoms with Gasteiger partial charge in [0.2, 0.25) is 0 Å². The van der Waals surface area contributed by atoms with Crippen LogP contribution in [-0.2, 0) is 6.42 Å². The molecule has 0 aliphatic rings. The van der Waals surface area contributed by atoms with Gasteiger partial charge < -0.3 is 10.2 Å². The summed E-state index contributed by atoms with van der Waals surface area (Å²) >= 11 is 1.48. The van der Waals surface area contributed by atoms with Crippen molar-refractivity contribution < 1.29 is 14.6 Å². The molecule has 2 N–H and O–H groups in total. The van der Waals surface area contributed by atoms with E-state index in [-0.39, 0.29) is 12.4 Å². The number of rotatable bonds is 7. The molecule has 0 saturated carbocycles. The van der Waals surface area contributed by atoms with Crippen molar-refractivity contribution in [3.63, 3.8) is 0 Å². The molecule has 0 bridgehead atoms. The van der Waals surface area contributed by atoms with Gasteiger partial charge in [-0.1, -0.05) is 53.8 Å². The zero-order valence-corrected chi connectivity index (χ0v) is 19.8. The minimum Gasteiger partial charge on any atom is -0.395 e. The van der Waals surface area contributed by atoms with Gasteiger partial charge in [0, 0.05) is 34.8 Å². The van der Waals surface area contributed by atoms with E-state index in [9.17, 15) is 14.6 Å². The van der Waals surface area contributed by atoms with Gasteiger partial charge in [-0.05, 0) is 60.7 Å². The second-order valence-electron chi connectivity index (χ2n) is 8.11. The lowest BCUT2D eigenvalue weighted by atomic mass is 9.92. The Hall–Kier alpha value is -3.30. The number of aliphatic hydroxyl groups is 2. The topological polar surface area (TPSA) is 53.4 Å². The first-order chi connectivity index (χ1) is 16.6. The van der Waals surface area contributed by atoms with Crippen LogP contribution in [0.5, 0.6) is 0 Å². The van der Waals surface area contributed by atoms with Crippen molar-refractivity contribution in [1.29, 1.82) is 0 Å². The Kier molecular flexibility index (Phi) is 7.87. The molecule has 0 spiro atoms. The van der Waals surface area contributed by atoms with Gasteiger partial charge in [0.15, 0.2) is 0 Å². The molecule has 34 heavy (non-hydrogen) atoms. The fraction of sp³-hybridized carbons (Fsp3) is 0.207. The third-order valence-electron chi connectivity index (χ3n) is 5.62. The van der Waals surface area contributed by atoms with Crippen LogP contribution in [0.2, 0.25) is 0 Å². The molecule has 4 rings (SSSR count). The fourth-order valence-electron chi connectivity index (χ4n) is 3.87. The Labute approximate surface area is 203 Å². The summed E-state index contributed by atoms with van der Waals surface area (Å²) in [4.78, 5) is 5.83. The van der Waals surface area contributed by atoms with E-state index in [1.165, 1.54) is 29.0 Å². The lowest BCUT2D eigenvalue weighted by Crippen LogP contribution is -2.02. The molecular formula is C29H26FNO2S. The molecule has 2 heterocycles. The number of thiophene rings is 1. The average molecular weight is 472 g/mol. The minimum atomic E-state index is -0.742. The van der Waals surface area contributed by atoms with Crippen molar-refractivity contribution in [1.82, 2.24) is 4.98 Å². The van der Waals surface area contributed by atoms with Crippen molar-refractivity contribution in [2.45, 2.75) is 32.3 Å². The summed E-state index contributed by atoms with van der Waals surface area (Å²) in [5.41, 5.74) is 5.81. The molecule has 4 aromatic rings. The molecule has 2 aromatic heterocycles. The first-order valence-electron chi connectivity index (χ1n) is 11.2. The Morgan fingerprint density at radius 3 is 2.35 bits per heavy atom. The molecule has 0 amide bonds. The zero-order valence-electron chi connectivity index (χ0n) is 19.0. The molecule has 0 radical (unpaired) electrons. The number of hydrogen-bond acceptors (Lipinski definition) is 4. The van der Waals surface area contributed by atoms with E-state index in [0.29, 0.717) is 12.8 Å². The minimum absolute atomic E-state index is 0.0221. The quantitative estimate of drug-likeness (QED) is 0.310. The Balaban J connectivity index is 1.82. The van der Waals surface area contributed by atoms with Crippen molar-refractivity contribution >= 4 is 11.3 Å². The van der Waals surface area contributed by atoms with Gasteiger partial charge in [0.1, 0.15) is 5.82 Å². The van der Waals surface area contributed by atoms with E-state index in [1.807, 2.05) is 12.1 Å². The van der Waals surface area contributed by atoms with Crippen LogP contribution >= 0.6 is 11.3 Å². The van der Waals surface area contributed by atoms with Crippen LogP contribution in [0.4, 0.5) is 4.39 Å². The Morgan fingerprint density at radius 1 is 0.971 bits per heavy atom. The lowest BCUT2D eigenvalue weighted by molar-refractivity contribution is 0.168. The smallest absolute Gasteiger partial charge is 0.123 e. The SMILES string of the molecule is Cc1ccc(CCC(O)c2c(C#CCCO)sc(-c3ccc(F)cc3)c2-c2ccncc2)cc1. The summed E-state index contributed by atoms with van der Waals surface area (Å²) in [6, 6.07) is 18.5. The van der Waals surface area contributed by atoms with Gasteiger partial charge in [-0.15, -0.1) is 11.3 Å². The number of benzene rings is 2. The predicted molar refractivity (Wildman–Crippen MR) is 136 cm³/mol. The maximum Gasteiger partial charge on any atom is 0.123 e. The lowest BCUT2D eigenvalue weighted by Gasteiger charge is -2.15. The highest BCUT2D eigenvalue weighted by Gasteiger charge is 2.25. The van der Waals surface area contributed by atoms with Crippen molar-refractivity contribution in [3.05, 3.63) is 100 Å². The molecule has 3 nitrogen and oxygen atoms in total. The van der Waals surface area contributed by atoms with E-state index >= 15 is 0 Å². The van der Waals surface area contributed by atoms with E-state index in [2.05, 4.69) is 48.0 Å². The molecule has 1 unspecified atom stereocenters. The van der Waals surface area contributed by atoms with Gasteiger partial charge in [-0.2, -0.15) is 0 Å². The first kappa shape index (κ1) is 23.8. The summed E-state index contributed by atoms with van der Waals surface area (Å²) in [5, 5.41) is 20.6. The fourth-order valence-corrected chi connectivity index (χ4v) is 5.12. The van der Waals surface area contributed by atoms with Gasteiger partial charge in [0.25, 0.3) is 0 Å². The van der Waals surface area contributed by atoms with Gasteiger partial charge in [0.05, 0.1) is 17.6 Å². The Bertz CT molecular complexity index is 1290.